The van der Waals surface area contributed by atoms with Gasteiger partial charge in [0.1, 0.15) is 5.82 Å². The van der Waals surface area contributed by atoms with Crippen LogP contribution in [-0.4, -0.2) is 23.5 Å². The molecule has 0 radical (unpaired) electrons. The third kappa shape index (κ3) is 6.42. The van der Waals surface area contributed by atoms with E-state index in [2.05, 4.69) is 16.0 Å². The van der Waals surface area contributed by atoms with Crippen LogP contribution in [0.4, 0.5) is 21.5 Å². The SMILES string of the molecule is CC(=O)Nc1cc(NC(=O)c2ccccc2SCC(=O)Nc2ccc(C)cc2)ccc1F. The fourth-order valence-corrected chi connectivity index (χ4v) is 3.69. The molecular formula is C24H22FN3O3S. The molecule has 3 amide bonds. The number of anilines is 3. The Morgan fingerprint density at radius 1 is 0.875 bits per heavy atom. The van der Waals surface area contributed by atoms with E-state index < -0.39 is 17.6 Å². The van der Waals surface area contributed by atoms with Gasteiger partial charge in [0.25, 0.3) is 5.91 Å². The molecule has 0 saturated carbocycles. The first kappa shape index (κ1) is 23.0. The average Bonchev–Trinajstić information content (AvgIpc) is 2.76. The summed E-state index contributed by atoms with van der Waals surface area (Å²) in [6.45, 7) is 3.24. The van der Waals surface area contributed by atoms with E-state index >= 15 is 0 Å². The standard InChI is InChI=1S/C24H22FN3O3S/c1-15-7-9-17(10-8-15)27-23(30)14-32-22-6-4-3-5-19(22)24(31)28-18-11-12-20(25)21(13-18)26-16(2)29/h3-13H,14H2,1-2H3,(H,26,29)(H,27,30)(H,28,31). The first-order valence-electron chi connectivity index (χ1n) is 9.78. The fourth-order valence-electron chi connectivity index (χ4n) is 2.84. The van der Waals surface area contributed by atoms with Gasteiger partial charge in [-0.15, -0.1) is 11.8 Å². The number of halogens is 1. The minimum atomic E-state index is -0.603. The summed E-state index contributed by atoms with van der Waals surface area (Å²) in [5, 5.41) is 7.91. The lowest BCUT2D eigenvalue weighted by Crippen LogP contribution is -2.16. The van der Waals surface area contributed by atoms with Gasteiger partial charge in [-0.3, -0.25) is 14.4 Å². The van der Waals surface area contributed by atoms with Gasteiger partial charge >= 0.3 is 0 Å². The molecule has 0 unspecified atom stereocenters. The van der Waals surface area contributed by atoms with Gasteiger partial charge in [-0.1, -0.05) is 29.8 Å². The molecule has 3 aromatic carbocycles. The van der Waals surface area contributed by atoms with E-state index in [9.17, 15) is 18.8 Å². The number of hydrogen-bond donors (Lipinski definition) is 3. The molecule has 6 nitrogen and oxygen atoms in total. The Bertz CT molecular complexity index is 1150. The summed E-state index contributed by atoms with van der Waals surface area (Å²) >= 11 is 1.24. The largest absolute Gasteiger partial charge is 0.325 e. The zero-order valence-electron chi connectivity index (χ0n) is 17.6. The molecule has 0 aliphatic rings. The van der Waals surface area contributed by atoms with Gasteiger partial charge < -0.3 is 16.0 Å². The van der Waals surface area contributed by atoms with Crippen molar-refractivity contribution in [3.8, 4) is 0 Å². The Kier molecular flexibility index (Phi) is 7.62. The quantitative estimate of drug-likeness (QED) is 0.438. The molecule has 0 bridgehead atoms. The van der Waals surface area contributed by atoms with Gasteiger partial charge in [0.05, 0.1) is 17.0 Å². The van der Waals surface area contributed by atoms with Crippen molar-refractivity contribution in [3.63, 3.8) is 0 Å². The summed E-state index contributed by atoms with van der Waals surface area (Å²) in [6.07, 6.45) is 0. The Balaban J connectivity index is 1.66. The van der Waals surface area contributed by atoms with Crippen LogP contribution in [0.5, 0.6) is 0 Å². The summed E-state index contributed by atoms with van der Waals surface area (Å²) in [5.74, 6) is -1.49. The van der Waals surface area contributed by atoms with Crippen LogP contribution >= 0.6 is 11.8 Å². The van der Waals surface area contributed by atoms with Crippen molar-refractivity contribution >= 4 is 46.5 Å². The maximum absolute atomic E-state index is 13.8. The lowest BCUT2D eigenvalue weighted by molar-refractivity contribution is -0.114. The van der Waals surface area contributed by atoms with Crippen LogP contribution in [0.15, 0.2) is 71.6 Å². The summed E-state index contributed by atoms with van der Waals surface area (Å²) in [7, 11) is 0. The molecule has 0 atom stereocenters. The van der Waals surface area contributed by atoms with Crippen molar-refractivity contribution in [1.82, 2.24) is 0 Å². The number of hydrogen-bond acceptors (Lipinski definition) is 4. The third-order valence-electron chi connectivity index (χ3n) is 4.36. The number of thioether (sulfide) groups is 1. The minimum absolute atomic E-state index is 0.0225. The summed E-state index contributed by atoms with van der Waals surface area (Å²) in [5.41, 5.74) is 2.50. The van der Waals surface area contributed by atoms with E-state index in [-0.39, 0.29) is 17.3 Å². The first-order valence-corrected chi connectivity index (χ1v) is 10.8. The molecule has 3 aromatic rings. The molecular weight excluding hydrogens is 429 g/mol. The first-order chi connectivity index (χ1) is 15.3. The number of rotatable bonds is 7. The summed E-state index contributed by atoms with van der Waals surface area (Å²) < 4.78 is 13.8. The second-order valence-electron chi connectivity index (χ2n) is 7.03. The van der Waals surface area contributed by atoms with Crippen LogP contribution in [0.25, 0.3) is 0 Å². The molecule has 164 valence electrons. The predicted molar refractivity (Wildman–Crippen MR) is 126 cm³/mol. The van der Waals surface area contributed by atoms with Gasteiger partial charge in [0, 0.05) is 23.2 Å². The van der Waals surface area contributed by atoms with E-state index in [0.29, 0.717) is 21.8 Å². The highest BCUT2D eigenvalue weighted by Crippen LogP contribution is 2.25. The maximum atomic E-state index is 13.8. The second kappa shape index (κ2) is 10.6. The van der Waals surface area contributed by atoms with Crippen molar-refractivity contribution in [2.75, 3.05) is 21.7 Å². The summed E-state index contributed by atoms with van der Waals surface area (Å²) in [4.78, 5) is 37.0. The molecule has 0 fully saturated rings. The number of aryl methyl sites for hydroxylation is 1. The third-order valence-corrected chi connectivity index (χ3v) is 5.43. The Morgan fingerprint density at radius 3 is 2.28 bits per heavy atom. The Hall–Kier alpha value is -3.65. The molecule has 0 spiro atoms. The van der Waals surface area contributed by atoms with Gasteiger partial charge in [-0.25, -0.2) is 4.39 Å². The molecule has 3 N–H and O–H groups in total. The van der Waals surface area contributed by atoms with Crippen LogP contribution in [-0.2, 0) is 9.59 Å². The van der Waals surface area contributed by atoms with Crippen LogP contribution in [0.3, 0.4) is 0 Å². The Labute approximate surface area is 189 Å². The predicted octanol–water partition coefficient (Wildman–Crippen LogP) is 5.08. The van der Waals surface area contributed by atoms with Crippen LogP contribution in [0, 0.1) is 12.7 Å². The van der Waals surface area contributed by atoms with Crippen LogP contribution < -0.4 is 16.0 Å². The van der Waals surface area contributed by atoms with Crippen LogP contribution in [0.2, 0.25) is 0 Å². The summed E-state index contributed by atoms with van der Waals surface area (Å²) in [6, 6.07) is 18.3. The number of nitrogens with one attached hydrogen (secondary N) is 3. The van der Waals surface area contributed by atoms with Crippen LogP contribution in [0.1, 0.15) is 22.8 Å². The average molecular weight is 452 g/mol. The van der Waals surface area contributed by atoms with E-state index in [1.807, 2.05) is 31.2 Å². The van der Waals surface area contributed by atoms with E-state index in [4.69, 9.17) is 0 Å². The second-order valence-corrected chi connectivity index (χ2v) is 8.05. The van der Waals surface area contributed by atoms with Crippen molar-refractivity contribution in [2.24, 2.45) is 0 Å². The van der Waals surface area contributed by atoms with E-state index in [0.717, 1.165) is 11.6 Å². The van der Waals surface area contributed by atoms with Crippen molar-refractivity contribution < 1.29 is 18.8 Å². The number of carbonyl (C=O) groups is 3. The van der Waals surface area contributed by atoms with Gasteiger partial charge in [-0.05, 0) is 49.4 Å². The molecule has 0 aliphatic carbocycles. The number of benzene rings is 3. The van der Waals surface area contributed by atoms with Crippen molar-refractivity contribution in [3.05, 3.63) is 83.7 Å². The monoisotopic (exact) mass is 451 g/mol. The highest BCUT2D eigenvalue weighted by molar-refractivity contribution is 8.00. The minimum Gasteiger partial charge on any atom is -0.325 e. The topological polar surface area (TPSA) is 87.3 Å². The zero-order chi connectivity index (χ0) is 23.1. The normalized spacial score (nSPS) is 10.3. The van der Waals surface area contributed by atoms with Crippen molar-refractivity contribution in [2.45, 2.75) is 18.7 Å². The molecule has 8 heteroatoms. The van der Waals surface area contributed by atoms with Gasteiger partial charge in [-0.2, -0.15) is 0 Å². The van der Waals surface area contributed by atoms with Gasteiger partial charge in [0.2, 0.25) is 11.8 Å². The molecule has 0 heterocycles. The molecule has 0 aliphatic heterocycles. The number of amides is 3. The molecule has 0 aromatic heterocycles. The fraction of sp³-hybridized carbons (Fsp3) is 0.125. The smallest absolute Gasteiger partial charge is 0.256 e. The van der Waals surface area contributed by atoms with E-state index in [1.165, 1.54) is 30.8 Å². The lowest BCUT2D eigenvalue weighted by atomic mass is 10.2. The van der Waals surface area contributed by atoms with E-state index in [1.54, 1.807) is 24.3 Å². The maximum Gasteiger partial charge on any atom is 0.256 e. The highest BCUT2D eigenvalue weighted by Gasteiger charge is 2.14. The van der Waals surface area contributed by atoms with Crippen molar-refractivity contribution in [1.29, 1.82) is 0 Å². The lowest BCUT2D eigenvalue weighted by Gasteiger charge is -2.12. The molecule has 0 saturated heterocycles. The zero-order valence-corrected chi connectivity index (χ0v) is 18.4. The molecule has 32 heavy (non-hydrogen) atoms. The Morgan fingerprint density at radius 2 is 1.56 bits per heavy atom. The highest BCUT2D eigenvalue weighted by atomic mass is 32.2. The molecule has 3 rings (SSSR count). The van der Waals surface area contributed by atoms with Gasteiger partial charge in [0.15, 0.2) is 0 Å². The number of carbonyl (C=O) groups excluding carboxylic acids is 3.